The molecule has 152 valence electrons. The Balaban J connectivity index is 1.83. The van der Waals surface area contributed by atoms with E-state index < -0.39 is 10.0 Å². The second kappa shape index (κ2) is 8.76. The Morgan fingerprint density at radius 3 is 2.50 bits per heavy atom. The van der Waals surface area contributed by atoms with Gasteiger partial charge < -0.3 is 4.90 Å². The molecule has 7 heteroatoms. The maximum absolute atomic E-state index is 13.2. The van der Waals surface area contributed by atoms with Gasteiger partial charge in [-0.25, -0.2) is 8.42 Å². The standard InChI is InChI=1S/C21H28N2O3S2/c1-4-22(15-19-8-6-10-27-19)21(24)18-7-5-9-20(12-18)28(25,26)23-13-16(2)11-17(3)14-23/h5-10,12,16-17H,4,11,13-15H2,1-3H3/t16-,17-/m1/s1. The van der Waals surface area contributed by atoms with Crippen LogP contribution in [0.5, 0.6) is 0 Å². The van der Waals surface area contributed by atoms with Gasteiger partial charge in [0.1, 0.15) is 0 Å². The van der Waals surface area contributed by atoms with Crippen LogP contribution in [0.2, 0.25) is 0 Å². The maximum Gasteiger partial charge on any atom is 0.254 e. The van der Waals surface area contributed by atoms with Crippen molar-refractivity contribution >= 4 is 27.3 Å². The molecule has 0 saturated carbocycles. The summed E-state index contributed by atoms with van der Waals surface area (Å²) in [5.74, 6) is 0.530. The number of amides is 1. The molecule has 28 heavy (non-hydrogen) atoms. The fraction of sp³-hybridized carbons (Fsp3) is 0.476. The van der Waals surface area contributed by atoms with Gasteiger partial charge in [-0.05, 0) is 54.8 Å². The van der Waals surface area contributed by atoms with Gasteiger partial charge in [0, 0.05) is 30.1 Å². The Hall–Kier alpha value is -1.70. The van der Waals surface area contributed by atoms with Crippen molar-refractivity contribution in [2.24, 2.45) is 11.8 Å². The highest BCUT2D eigenvalue weighted by Gasteiger charge is 2.32. The molecule has 0 radical (unpaired) electrons. The lowest BCUT2D eigenvalue weighted by Crippen LogP contribution is -2.42. The predicted octanol–water partition coefficient (Wildman–Crippen LogP) is 4.08. The third-order valence-electron chi connectivity index (χ3n) is 5.15. The van der Waals surface area contributed by atoms with Crippen LogP contribution < -0.4 is 0 Å². The Bertz CT molecular complexity index is 899. The van der Waals surface area contributed by atoms with Gasteiger partial charge in [-0.2, -0.15) is 4.31 Å². The van der Waals surface area contributed by atoms with Crippen LogP contribution in [-0.2, 0) is 16.6 Å². The van der Waals surface area contributed by atoms with E-state index in [-0.39, 0.29) is 10.8 Å². The molecule has 1 aromatic heterocycles. The second-order valence-electron chi connectivity index (χ2n) is 7.69. The first-order valence-electron chi connectivity index (χ1n) is 9.73. The van der Waals surface area contributed by atoms with Crippen molar-refractivity contribution in [1.82, 2.24) is 9.21 Å². The Kier molecular flexibility index (Phi) is 6.58. The molecule has 0 unspecified atom stereocenters. The zero-order valence-corrected chi connectivity index (χ0v) is 18.3. The van der Waals surface area contributed by atoms with Crippen molar-refractivity contribution < 1.29 is 13.2 Å². The molecule has 1 aromatic carbocycles. The number of hydrogen-bond donors (Lipinski definition) is 0. The quantitative estimate of drug-likeness (QED) is 0.708. The summed E-state index contributed by atoms with van der Waals surface area (Å²) in [6.45, 7) is 8.26. The van der Waals surface area contributed by atoms with E-state index in [1.807, 2.05) is 24.4 Å². The summed E-state index contributed by atoms with van der Waals surface area (Å²) < 4.78 is 27.9. The number of sulfonamides is 1. The molecule has 0 N–H and O–H groups in total. The molecule has 1 saturated heterocycles. The average molecular weight is 421 g/mol. The third-order valence-corrected chi connectivity index (χ3v) is 7.84. The molecule has 1 aliphatic heterocycles. The van der Waals surface area contributed by atoms with Crippen LogP contribution in [0.25, 0.3) is 0 Å². The average Bonchev–Trinajstić information content (AvgIpc) is 3.18. The summed E-state index contributed by atoms with van der Waals surface area (Å²) in [5.41, 5.74) is 0.414. The minimum absolute atomic E-state index is 0.145. The molecule has 1 aliphatic rings. The lowest BCUT2D eigenvalue weighted by Gasteiger charge is -2.34. The van der Waals surface area contributed by atoms with Crippen LogP contribution in [0.4, 0.5) is 0 Å². The summed E-state index contributed by atoms with van der Waals surface area (Å²) in [4.78, 5) is 16.0. The van der Waals surface area contributed by atoms with Gasteiger partial charge in [0.05, 0.1) is 11.4 Å². The smallest absolute Gasteiger partial charge is 0.254 e. The number of piperidine rings is 1. The molecule has 5 nitrogen and oxygen atoms in total. The first-order valence-corrected chi connectivity index (χ1v) is 12.0. The lowest BCUT2D eigenvalue weighted by molar-refractivity contribution is 0.0754. The number of benzene rings is 1. The van der Waals surface area contributed by atoms with Crippen LogP contribution in [0, 0.1) is 11.8 Å². The van der Waals surface area contributed by atoms with Gasteiger partial charge in [-0.3, -0.25) is 4.79 Å². The molecule has 1 fully saturated rings. The van der Waals surface area contributed by atoms with Crippen LogP contribution in [0.1, 0.15) is 42.4 Å². The summed E-state index contributed by atoms with van der Waals surface area (Å²) in [7, 11) is -3.60. The van der Waals surface area contributed by atoms with E-state index in [2.05, 4.69) is 13.8 Å². The lowest BCUT2D eigenvalue weighted by atomic mass is 9.94. The molecule has 0 bridgehead atoms. The van der Waals surface area contributed by atoms with Gasteiger partial charge in [0.15, 0.2) is 0 Å². The van der Waals surface area contributed by atoms with Gasteiger partial charge in [-0.1, -0.05) is 26.0 Å². The minimum atomic E-state index is -3.60. The third kappa shape index (κ3) is 4.64. The summed E-state index contributed by atoms with van der Waals surface area (Å²) in [6, 6.07) is 10.4. The SMILES string of the molecule is CCN(Cc1cccs1)C(=O)c1cccc(S(=O)(=O)N2C[C@H](C)C[C@@H](C)C2)c1. The predicted molar refractivity (Wildman–Crippen MR) is 113 cm³/mol. The molecule has 3 rings (SSSR count). The Morgan fingerprint density at radius 1 is 1.18 bits per heavy atom. The molecule has 2 heterocycles. The van der Waals surface area contributed by atoms with E-state index in [1.54, 1.807) is 38.7 Å². The van der Waals surface area contributed by atoms with Crippen molar-refractivity contribution in [1.29, 1.82) is 0 Å². The summed E-state index contributed by atoms with van der Waals surface area (Å²) >= 11 is 1.61. The minimum Gasteiger partial charge on any atom is -0.334 e. The summed E-state index contributed by atoms with van der Waals surface area (Å²) in [6.07, 6.45) is 1.04. The molecular weight excluding hydrogens is 392 g/mol. The Labute approximate surface area is 172 Å². The van der Waals surface area contributed by atoms with Gasteiger partial charge in [0.2, 0.25) is 10.0 Å². The zero-order chi connectivity index (χ0) is 20.3. The number of carbonyl (C=O) groups is 1. The summed E-state index contributed by atoms with van der Waals surface area (Å²) in [5, 5.41) is 1.99. The monoisotopic (exact) mass is 420 g/mol. The van der Waals surface area contributed by atoms with E-state index in [4.69, 9.17) is 0 Å². The van der Waals surface area contributed by atoms with E-state index in [1.165, 1.54) is 6.07 Å². The van der Waals surface area contributed by atoms with Crippen molar-refractivity contribution in [2.75, 3.05) is 19.6 Å². The van der Waals surface area contributed by atoms with E-state index >= 15 is 0 Å². The number of rotatable bonds is 6. The van der Waals surface area contributed by atoms with Crippen molar-refractivity contribution in [2.45, 2.75) is 38.6 Å². The van der Waals surface area contributed by atoms with Crippen molar-refractivity contribution in [3.05, 3.63) is 52.2 Å². The number of carbonyl (C=O) groups excluding carboxylic acids is 1. The van der Waals surface area contributed by atoms with Gasteiger partial charge in [-0.15, -0.1) is 11.3 Å². The fourth-order valence-corrected chi connectivity index (χ4v) is 6.29. The van der Waals surface area contributed by atoms with Crippen LogP contribution >= 0.6 is 11.3 Å². The number of hydrogen-bond acceptors (Lipinski definition) is 4. The molecule has 1 amide bonds. The first kappa shape index (κ1) is 21.0. The highest BCUT2D eigenvalue weighted by atomic mass is 32.2. The largest absolute Gasteiger partial charge is 0.334 e. The zero-order valence-electron chi connectivity index (χ0n) is 16.7. The van der Waals surface area contributed by atoms with Crippen molar-refractivity contribution in [3.63, 3.8) is 0 Å². The molecule has 0 spiro atoms. The van der Waals surface area contributed by atoms with Crippen LogP contribution in [0.15, 0.2) is 46.7 Å². The normalized spacial score (nSPS) is 20.8. The van der Waals surface area contributed by atoms with E-state index in [0.717, 1.165) is 11.3 Å². The second-order valence-corrected chi connectivity index (χ2v) is 10.7. The molecule has 2 atom stereocenters. The van der Waals surface area contributed by atoms with Crippen molar-refractivity contribution in [3.8, 4) is 0 Å². The maximum atomic E-state index is 13.2. The number of nitrogens with zero attached hydrogens (tertiary/aromatic N) is 2. The topological polar surface area (TPSA) is 57.7 Å². The first-order chi connectivity index (χ1) is 13.3. The van der Waals surface area contributed by atoms with E-state index in [0.29, 0.717) is 43.6 Å². The van der Waals surface area contributed by atoms with E-state index in [9.17, 15) is 13.2 Å². The molecular formula is C21H28N2O3S2. The van der Waals surface area contributed by atoms with Gasteiger partial charge >= 0.3 is 0 Å². The highest BCUT2D eigenvalue weighted by Crippen LogP contribution is 2.27. The highest BCUT2D eigenvalue weighted by molar-refractivity contribution is 7.89. The van der Waals surface area contributed by atoms with Gasteiger partial charge in [0.25, 0.3) is 5.91 Å². The van der Waals surface area contributed by atoms with Crippen LogP contribution in [0.3, 0.4) is 0 Å². The number of thiophene rings is 1. The molecule has 2 aromatic rings. The molecule has 0 aliphatic carbocycles. The Morgan fingerprint density at radius 2 is 1.89 bits per heavy atom. The fourth-order valence-electron chi connectivity index (χ4n) is 3.84. The van der Waals surface area contributed by atoms with Crippen LogP contribution in [-0.4, -0.2) is 43.2 Å².